The van der Waals surface area contributed by atoms with E-state index >= 15 is 0 Å². The van der Waals surface area contributed by atoms with E-state index in [1.165, 1.54) is 0 Å². The number of rotatable bonds is 0. The zero-order valence-electron chi connectivity index (χ0n) is 6.47. The first-order chi connectivity index (χ1) is 4.41. The third-order valence-corrected chi connectivity index (χ3v) is 0.846. The van der Waals surface area contributed by atoms with Crippen molar-refractivity contribution in [2.45, 2.75) is 0 Å². The molecule has 1 saturated heterocycles. The molecule has 3 N–H and O–H groups in total. The zero-order valence-corrected chi connectivity index (χ0v) is 7.88. The van der Waals surface area contributed by atoms with Crippen molar-refractivity contribution in [2.24, 2.45) is 0 Å². The summed E-state index contributed by atoms with van der Waals surface area (Å²) >= 11 is 0. The maximum absolute atomic E-state index is 8.38. The summed E-state index contributed by atoms with van der Waals surface area (Å²) in [5.41, 5.74) is 0. The van der Waals surface area contributed by atoms with Crippen LogP contribution in [-0.4, -0.2) is 62.5 Å². The summed E-state index contributed by atoms with van der Waals surface area (Å²) in [5, 5.41) is 19.9. The number of hydrogen-bond donors (Lipinski definition) is 1. The second-order valence-corrected chi connectivity index (χ2v) is 1.48. The van der Waals surface area contributed by atoms with E-state index in [0.717, 1.165) is 26.3 Å². The molecule has 0 aromatic rings. The van der Waals surface area contributed by atoms with Gasteiger partial charge in [0, 0.05) is 13.1 Å². The van der Waals surface area contributed by atoms with Gasteiger partial charge in [0.1, 0.15) is 0 Å². The Labute approximate surface area is 82.9 Å². The van der Waals surface area contributed by atoms with Crippen molar-refractivity contribution in [1.29, 1.82) is 0 Å². The summed E-state index contributed by atoms with van der Waals surface area (Å²) in [6.45, 7) is 3.83. The minimum absolute atomic E-state index is 0. The number of nitrogens with one attached hydrogen (secondary N) is 1. The maximum Gasteiger partial charge on any atom is 2.00 e. The summed E-state index contributed by atoms with van der Waals surface area (Å²) in [6.07, 6.45) is 0. The van der Waals surface area contributed by atoms with Gasteiger partial charge in [-0.15, -0.1) is 7.69 Å². The van der Waals surface area contributed by atoms with Crippen LogP contribution in [0.4, 0.5) is 0 Å². The van der Waals surface area contributed by atoms with Crippen LogP contribution in [0.5, 0.6) is 0 Å². The van der Waals surface area contributed by atoms with Gasteiger partial charge in [-0.3, -0.25) is 0 Å². The van der Waals surface area contributed by atoms with E-state index in [2.05, 4.69) is 5.32 Å². The summed E-state index contributed by atoms with van der Waals surface area (Å²) in [5.74, 6) is 0. The van der Waals surface area contributed by atoms with E-state index in [0.29, 0.717) is 0 Å². The van der Waals surface area contributed by atoms with E-state index in [1.54, 1.807) is 0 Å². The van der Waals surface area contributed by atoms with Crippen molar-refractivity contribution in [3.63, 3.8) is 0 Å². The topological polar surface area (TPSA) is 98.9 Å². The fraction of sp³-hybridized carbons (Fsp3) is 1.00. The molecule has 7 heteroatoms. The predicted octanol–water partition coefficient (Wildman–Crippen LogP) is -4.63. The molecule has 0 bridgehead atoms. The van der Waals surface area contributed by atoms with Crippen molar-refractivity contribution in [3.05, 3.63) is 0 Å². The van der Waals surface area contributed by atoms with Crippen LogP contribution in [0.25, 0.3) is 0 Å². The summed E-state index contributed by atoms with van der Waals surface area (Å²) in [6, 6.07) is 0. The average Bonchev–Trinajstić information content (AvgIpc) is 1.93. The van der Waals surface area contributed by atoms with Crippen LogP contribution in [-0.2, 0) is 4.74 Å². The molecule has 0 aromatic carbocycles. The van der Waals surface area contributed by atoms with Gasteiger partial charge in [-0.05, 0) is 0 Å². The van der Waals surface area contributed by atoms with E-state index in [9.17, 15) is 0 Å². The number of hydrogen-bond acceptors (Lipinski definition) is 4. The molecule has 0 aromatic heterocycles. The molecule has 0 spiro atoms. The van der Waals surface area contributed by atoms with Crippen molar-refractivity contribution < 1.29 is 20.3 Å². The molecule has 11 heavy (non-hydrogen) atoms. The first kappa shape index (κ1) is 17.6. The molecule has 62 valence electrons. The Morgan fingerprint density at radius 2 is 1.55 bits per heavy atom. The normalized spacial score (nSPS) is 14.4. The van der Waals surface area contributed by atoms with Crippen LogP contribution in [0.1, 0.15) is 0 Å². The van der Waals surface area contributed by atoms with Crippen LogP contribution in [0, 0.1) is 0 Å². The molecule has 1 rings (SSSR count). The Bertz CT molecular complexity index is 45.8. The summed E-state index contributed by atoms with van der Waals surface area (Å²) in [7, 11) is -1.25. The Balaban J connectivity index is -0.000000116. The molecule has 1 aliphatic rings. The SMILES string of the molecule is C1COCCN1.O.[Mg+2].[O-]B[O-]. The van der Waals surface area contributed by atoms with E-state index in [1.807, 2.05) is 0 Å². The molecule has 1 fully saturated rings. The zero-order chi connectivity index (χ0) is 6.95. The van der Waals surface area contributed by atoms with Crippen molar-refractivity contribution in [2.75, 3.05) is 26.3 Å². The minimum atomic E-state index is -1.25. The summed E-state index contributed by atoms with van der Waals surface area (Å²) < 4.78 is 5.01. The molecule has 5 nitrogen and oxygen atoms in total. The monoisotopic (exact) mass is 173 g/mol. The van der Waals surface area contributed by atoms with Gasteiger partial charge in [0.2, 0.25) is 0 Å². The summed E-state index contributed by atoms with van der Waals surface area (Å²) in [4.78, 5) is 0. The van der Waals surface area contributed by atoms with Crippen molar-refractivity contribution in [1.82, 2.24) is 5.32 Å². The second-order valence-electron chi connectivity index (χ2n) is 1.48. The molecule has 0 unspecified atom stereocenters. The second kappa shape index (κ2) is 16.9. The predicted molar refractivity (Wildman–Crippen MR) is 40.2 cm³/mol. The van der Waals surface area contributed by atoms with Crippen LogP contribution in [0.3, 0.4) is 0 Å². The Morgan fingerprint density at radius 1 is 1.18 bits per heavy atom. The third kappa shape index (κ3) is 18.0. The molecule has 0 radical (unpaired) electrons. The van der Waals surface area contributed by atoms with Gasteiger partial charge in [0.25, 0.3) is 0 Å². The molecule has 0 amide bonds. The Hall–Kier alpha value is 0.631. The number of morpholine rings is 1. The Morgan fingerprint density at radius 3 is 1.64 bits per heavy atom. The Kier molecular flexibility index (Phi) is 27.2. The van der Waals surface area contributed by atoms with E-state index in [4.69, 9.17) is 14.8 Å². The molecule has 0 aliphatic carbocycles. The third-order valence-electron chi connectivity index (χ3n) is 0.846. The van der Waals surface area contributed by atoms with Gasteiger partial charge in [-0.1, -0.05) is 0 Å². The van der Waals surface area contributed by atoms with Gasteiger partial charge in [0.15, 0.2) is 0 Å². The van der Waals surface area contributed by atoms with Crippen LogP contribution in [0.2, 0.25) is 0 Å². The smallest absolute Gasteiger partial charge is 0.896 e. The first-order valence-corrected chi connectivity index (χ1v) is 2.86. The van der Waals surface area contributed by atoms with E-state index in [-0.39, 0.29) is 28.5 Å². The molecule has 1 heterocycles. The molecule has 0 saturated carbocycles. The van der Waals surface area contributed by atoms with Crippen molar-refractivity contribution in [3.8, 4) is 0 Å². The quantitative estimate of drug-likeness (QED) is 0.372. The number of ether oxygens (including phenoxy) is 1. The molecular formula is C4H12BMgNO4. The standard InChI is InChI=1S/C4H9NO.BHO2.Mg.H2O/c1-3-6-4-2-5-1;2-1-3;;/h5H,1-4H2;1H;;1H2/q;-2;+2;. The van der Waals surface area contributed by atoms with Crippen LogP contribution in [0.15, 0.2) is 0 Å². The fourth-order valence-corrected chi connectivity index (χ4v) is 0.516. The molecule has 0 atom stereocenters. The van der Waals surface area contributed by atoms with Gasteiger partial charge >= 0.3 is 23.1 Å². The van der Waals surface area contributed by atoms with E-state index < -0.39 is 7.69 Å². The van der Waals surface area contributed by atoms with Crippen molar-refractivity contribution >= 4 is 30.7 Å². The first-order valence-electron chi connectivity index (χ1n) is 2.86. The van der Waals surface area contributed by atoms with Gasteiger partial charge in [-0.25, -0.2) is 0 Å². The van der Waals surface area contributed by atoms with Crippen LogP contribution >= 0.6 is 0 Å². The van der Waals surface area contributed by atoms with Gasteiger partial charge in [0.05, 0.1) is 13.2 Å². The van der Waals surface area contributed by atoms with Crippen LogP contribution < -0.4 is 15.4 Å². The fourth-order valence-electron chi connectivity index (χ4n) is 0.516. The minimum Gasteiger partial charge on any atom is -0.896 e. The van der Waals surface area contributed by atoms with Gasteiger partial charge < -0.3 is 25.6 Å². The molecule has 1 aliphatic heterocycles. The maximum atomic E-state index is 8.38. The van der Waals surface area contributed by atoms with Gasteiger partial charge in [-0.2, -0.15) is 0 Å². The average molecular weight is 173 g/mol. The largest absolute Gasteiger partial charge is 2.00 e. The molecular weight excluding hydrogens is 161 g/mol.